The zero-order chi connectivity index (χ0) is 20.8. The minimum Gasteiger partial charge on any atom is -0.493 e. The Hall–Kier alpha value is -2.64. The molecule has 0 bridgehead atoms. The molecule has 160 valence electrons. The topological polar surface area (TPSA) is 80.3 Å². The van der Waals surface area contributed by atoms with E-state index in [4.69, 9.17) is 14.2 Å². The molecule has 0 unspecified atom stereocenters. The van der Waals surface area contributed by atoms with E-state index in [9.17, 15) is 9.59 Å². The van der Waals surface area contributed by atoms with Crippen molar-refractivity contribution in [3.05, 3.63) is 17.7 Å². The summed E-state index contributed by atoms with van der Waals surface area (Å²) in [6.07, 6.45) is 3.57. The van der Waals surface area contributed by atoms with Crippen LogP contribution < -0.4 is 19.5 Å². The fraction of sp³-hybridized carbons (Fsp3) is 0.619. The van der Waals surface area contributed by atoms with E-state index in [1.165, 1.54) is 0 Å². The lowest BCUT2D eigenvalue weighted by Crippen LogP contribution is -2.47. The van der Waals surface area contributed by atoms with Gasteiger partial charge in [-0.25, -0.2) is 4.79 Å². The second-order valence-corrected chi connectivity index (χ2v) is 7.49. The maximum atomic E-state index is 12.6. The van der Waals surface area contributed by atoms with E-state index in [2.05, 4.69) is 5.32 Å². The number of hydrogen-bond acceptors (Lipinski definition) is 5. The van der Waals surface area contributed by atoms with Crippen LogP contribution in [0, 0.1) is 5.92 Å². The zero-order valence-electron chi connectivity index (χ0n) is 17.5. The van der Waals surface area contributed by atoms with Crippen molar-refractivity contribution in [3.8, 4) is 17.2 Å². The molecule has 0 atom stereocenters. The van der Waals surface area contributed by atoms with Crippen LogP contribution in [0.1, 0.15) is 31.2 Å². The summed E-state index contributed by atoms with van der Waals surface area (Å²) >= 11 is 0. The van der Waals surface area contributed by atoms with Gasteiger partial charge in [0.25, 0.3) is 0 Å². The molecule has 2 aliphatic heterocycles. The molecule has 2 heterocycles. The number of nitrogens with zero attached hydrogens (tertiary/aromatic N) is 2. The number of ether oxygens (including phenoxy) is 3. The molecule has 2 aliphatic rings. The van der Waals surface area contributed by atoms with Gasteiger partial charge in [-0.3, -0.25) is 4.79 Å². The summed E-state index contributed by atoms with van der Waals surface area (Å²) in [6, 6.07) is 3.79. The van der Waals surface area contributed by atoms with E-state index in [0.717, 1.165) is 31.5 Å². The van der Waals surface area contributed by atoms with E-state index in [1.54, 1.807) is 21.3 Å². The van der Waals surface area contributed by atoms with E-state index in [0.29, 0.717) is 49.7 Å². The molecule has 2 saturated heterocycles. The van der Waals surface area contributed by atoms with E-state index < -0.39 is 0 Å². The SMILES string of the molecule is COc1cc(CNC(=O)C2CCN(C(=O)N3CCCC3)CC2)cc(OC)c1OC. The molecule has 3 rings (SSSR count). The number of nitrogens with one attached hydrogen (secondary N) is 1. The van der Waals surface area contributed by atoms with Crippen molar-refractivity contribution in [3.63, 3.8) is 0 Å². The molecule has 3 amide bonds. The number of urea groups is 1. The highest BCUT2D eigenvalue weighted by molar-refractivity contribution is 5.79. The van der Waals surface area contributed by atoms with Gasteiger partial charge in [0.05, 0.1) is 21.3 Å². The third kappa shape index (κ3) is 4.86. The summed E-state index contributed by atoms with van der Waals surface area (Å²) in [6.45, 7) is 3.36. The summed E-state index contributed by atoms with van der Waals surface area (Å²) < 4.78 is 16.0. The van der Waals surface area contributed by atoms with Crippen LogP contribution in [0.2, 0.25) is 0 Å². The predicted octanol–water partition coefficient (Wildman–Crippen LogP) is 2.26. The van der Waals surface area contributed by atoms with Crippen LogP contribution in [0.4, 0.5) is 4.79 Å². The van der Waals surface area contributed by atoms with Crippen LogP contribution in [0.3, 0.4) is 0 Å². The molecule has 8 nitrogen and oxygen atoms in total. The third-order valence-corrected chi connectivity index (χ3v) is 5.70. The number of likely N-dealkylation sites (tertiary alicyclic amines) is 2. The van der Waals surface area contributed by atoms with Gasteiger partial charge in [0, 0.05) is 38.6 Å². The quantitative estimate of drug-likeness (QED) is 0.785. The first-order valence-corrected chi connectivity index (χ1v) is 10.2. The fourth-order valence-electron chi connectivity index (χ4n) is 4.01. The number of methoxy groups -OCH3 is 3. The minimum atomic E-state index is -0.0698. The first-order valence-electron chi connectivity index (χ1n) is 10.2. The van der Waals surface area contributed by atoms with Gasteiger partial charge in [0.15, 0.2) is 11.5 Å². The first kappa shape index (κ1) is 21.1. The van der Waals surface area contributed by atoms with Crippen LogP contribution in [0.15, 0.2) is 12.1 Å². The lowest BCUT2D eigenvalue weighted by molar-refractivity contribution is -0.126. The summed E-state index contributed by atoms with van der Waals surface area (Å²) in [5, 5.41) is 3.00. The second-order valence-electron chi connectivity index (χ2n) is 7.49. The molecule has 29 heavy (non-hydrogen) atoms. The van der Waals surface area contributed by atoms with E-state index in [1.807, 2.05) is 21.9 Å². The van der Waals surface area contributed by atoms with E-state index in [-0.39, 0.29) is 17.9 Å². The van der Waals surface area contributed by atoms with Crippen LogP contribution in [0.25, 0.3) is 0 Å². The average Bonchev–Trinajstić information content (AvgIpc) is 3.31. The highest BCUT2D eigenvalue weighted by atomic mass is 16.5. The molecule has 0 aromatic heterocycles. The minimum absolute atomic E-state index is 0.0204. The van der Waals surface area contributed by atoms with E-state index >= 15 is 0 Å². The van der Waals surface area contributed by atoms with Crippen molar-refractivity contribution in [1.82, 2.24) is 15.1 Å². The van der Waals surface area contributed by atoms with Crippen LogP contribution in [-0.4, -0.2) is 69.2 Å². The average molecular weight is 405 g/mol. The van der Waals surface area contributed by atoms with Crippen LogP contribution in [-0.2, 0) is 11.3 Å². The Bertz CT molecular complexity index is 700. The standard InChI is InChI=1S/C21H31N3O5/c1-27-17-12-15(13-18(28-2)19(17)29-3)14-22-20(25)16-6-10-24(11-7-16)21(26)23-8-4-5-9-23/h12-13,16H,4-11,14H2,1-3H3,(H,22,25). The van der Waals surface area contributed by atoms with Crippen molar-refractivity contribution < 1.29 is 23.8 Å². The van der Waals surface area contributed by atoms with Crippen molar-refractivity contribution in [2.24, 2.45) is 5.92 Å². The molecule has 0 radical (unpaired) electrons. The highest BCUT2D eigenvalue weighted by Crippen LogP contribution is 2.38. The van der Waals surface area contributed by atoms with Crippen molar-refractivity contribution in [2.45, 2.75) is 32.2 Å². The van der Waals surface area contributed by atoms with Crippen LogP contribution in [0.5, 0.6) is 17.2 Å². The second kappa shape index (κ2) is 9.71. The third-order valence-electron chi connectivity index (χ3n) is 5.70. The number of carbonyl (C=O) groups excluding carboxylic acids is 2. The van der Waals surface area contributed by atoms with Crippen molar-refractivity contribution >= 4 is 11.9 Å². The van der Waals surface area contributed by atoms with Gasteiger partial charge in [-0.1, -0.05) is 0 Å². The van der Waals surface area contributed by atoms with Gasteiger partial charge < -0.3 is 29.3 Å². The predicted molar refractivity (Wildman–Crippen MR) is 108 cm³/mol. The Balaban J connectivity index is 1.52. The summed E-state index contributed by atoms with van der Waals surface area (Å²) in [7, 11) is 4.69. The summed E-state index contributed by atoms with van der Waals surface area (Å²) in [5.74, 6) is 1.60. The molecule has 1 N–H and O–H groups in total. The molecule has 8 heteroatoms. The number of amides is 3. The number of benzene rings is 1. The molecule has 0 spiro atoms. The normalized spacial score (nSPS) is 17.2. The number of hydrogen-bond donors (Lipinski definition) is 1. The van der Waals surface area contributed by atoms with Gasteiger partial charge >= 0.3 is 6.03 Å². The Kier molecular flexibility index (Phi) is 7.06. The monoisotopic (exact) mass is 405 g/mol. The number of carbonyl (C=O) groups is 2. The number of rotatable bonds is 6. The molecule has 1 aromatic carbocycles. The van der Waals surface area contributed by atoms with Gasteiger partial charge in [-0.2, -0.15) is 0 Å². The van der Waals surface area contributed by atoms with Gasteiger partial charge in [-0.15, -0.1) is 0 Å². The maximum absolute atomic E-state index is 12.6. The molecule has 0 saturated carbocycles. The fourth-order valence-corrected chi connectivity index (χ4v) is 4.01. The summed E-state index contributed by atoms with van der Waals surface area (Å²) in [4.78, 5) is 28.9. The highest BCUT2D eigenvalue weighted by Gasteiger charge is 2.30. The Morgan fingerprint density at radius 1 is 0.931 bits per heavy atom. The van der Waals surface area contributed by atoms with Gasteiger partial charge in [-0.05, 0) is 43.4 Å². The Morgan fingerprint density at radius 2 is 1.48 bits per heavy atom. The zero-order valence-corrected chi connectivity index (χ0v) is 17.5. The van der Waals surface area contributed by atoms with Gasteiger partial charge in [0.2, 0.25) is 11.7 Å². The molecule has 2 fully saturated rings. The molecular formula is C21H31N3O5. The first-order chi connectivity index (χ1) is 14.1. The van der Waals surface area contributed by atoms with Gasteiger partial charge in [0.1, 0.15) is 0 Å². The summed E-state index contributed by atoms with van der Waals surface area (Å²) in [5.41, 5.74) is 0.870. The molecule has 1 aromatic rings. The lowest BCUT2D eigenvalue weighted by atomic mass is 9.96. The lowest BCUT2D eigenvalue weighted by Gasteiger charge is -2.34. The van der Waals surface area contributed by atoms with Crippen molar-refractivity contribution in [1.29, 1.82) is 0 Å². The molecule has 0 aliphatic carbocycles. The molecular weight excluding hydrogens is 374 g/mol. The van der Waals surface area contributed by atoms with Crippen molar-refractivity contribution in [2.75, 3.05) is 47.5 Å². The maximum Gasteiger partial charge on any atom is 0.319 e. The van der Waals surface area contributed by atoms with Crippen LogP contribution >= 0.6 is 0 Å². The Labute approximate surface area is 172 Å². The largest absolute Gasteiger partial charge is 0.493 e. The smallest absolute Gasteiger partial charge is 0.319 e. The Morgan fingerprint density at radius 3 is 2.00 bits per heavy atom. The number of piperidine rings is 1.